The molecule has 0 aliphatic rings. The summed E-state index contributed by atoms with van der Waals surface area (Å²) in [5.74, 6) is -0.336. The van der Waals surface area contributed by atoms with Gasteiger partial charge in [-0.15, -0.1) is 0 Å². The number of alkyl halides is 3. The Kier molecular flexibility index (Phi) is 3.18. The molecule has 2 nitrogen and oxygen atoms in total. The quantitative estimate of drug-likeness (QED) is 0.479. The molecule has 0 radical (unpaired) electrons. The first kappa shape index (κ1) is 9.26. The Morgan fingerprint density at radius 2 is 2.00 bits per heavy atom. The molecule has 0 fully saturated rings. The molecule has 1 N–H and O–H groups in total. The molecule has 0 spiro atoms. The van der Waals surface area contributed by atoms with Crippen LogP contribution >= 0.6 is 0 Å². The maximum Gasteiger partial charge on any atom is 0.422 e. The van der Waals surface area contributed by atoms with Crippen LogP contribution in [-0.4, -0.2) is 18.7 Å². The van der Waals surface area contributed by atoms with Crippen LogP contribution < -0.4 is 0 Å². The van der Waals surface area contributed by atoms with E-state index in [1.165, 1.54) is 0 Å². The van der Waals surface area contributed by atoms with Gasteiger partial charge in [-0.25, -0.2) is 0 Å². The van der Waals surface area contributed by atoms with Crippen LogP contribution in [0.5, 0.6) is 0 Å². The number of ether oxygens (including phenoxy) is 1. The first-order valence-electron chi connectivity index (χ1n) is 2.72. The third kappa shape index (κ3) is 5.40. The van der Waals surface area contributed by atoms with Crippen LogP contribution in [0.2, 0.25) is 0 Å². The van der Waals surface area contributed by atoms with Crippen LogP contribution in [0, 0.1) is 5.41 Å². The highest BCUT2D eigenvalue weighted by Crippen LogP contribution is 2.14. The van der Waals surface area contributed by atoms with Gasteiger partial charge in [0.25, 0.3) is 0 Å². The number of hydrogen-bond donors (Lipinski definition) is 1. The van der Waals surface area contributed by atoms with E-state index in [1.54, 1.807) is 6.92 Å². The zero-order valence-electron chi connectivity index (χ0n) is 5.46. The predicted octanol–water partition coefficient (Wildman–Crippen LogP) is 1.95. The minimum atomic E-state index is -4.33. The van der Waals surface area contributed by atoms with Crippen molar-refractivity contribution in [1.82, 2.24) is 0 Å². The van der Waals surface area contributed by atoms with Crippen molar-refractivity contribution in [3.05, 3.63) is 0 Å². The van der Waals surface area contributed by atoms with Gasteiger partial charge in [-0.1, -0.05) is 6.92 Å². The largest absolute Gasteiger partial charge is 0.472 e. The van der Waals surface area contributed by atoms with Gasteiger partial charge in [-0.05, 0) is 0 Å². The van der Waals surface area contributed by atoms with Gasteiger partial charge >= 0.3 is 6.18 Å². The van der Waals surface area contributed by atoms with Gasteiger partial charge in [0.15, 0.2) is 12.5 Å². The molecule has 0 aliphatic carbocycles. The average molecular weight is 155 g/mol. The smallest absolute Gasteiger partial charge is 0.422 e. The lowest BCUT2D eigenvalue weighted by molar-refractivity contribution is -0.156. The predicted molar refractivity (Wildman–Crippen MR) is 30.0 cm³/mol. The highest BCUT2D eigenvalue weighted by molar-refractivity contribution is 5.72. The van der Waals surface area contributed by atoms with Crippen LogP contribution in [0.3, 0.4) is 0 Å². The van der Waals surface area contributed by atoms with Gasteiger partial charge in [0.05, 0.1) is 0 Å². The first-order chi connectivity index (χ1) is 4.45. The second kappa shape index (κ2) is 3.43. The van der Waals surface area contributed by atoms with Crippen molar-refractivity contribution in [3.63, 3.8) is 0 Å². The highest BCUT2D eigenvalue weighted by Gasteiger charge is 2.28. The summed E-state index contributed by atoms with van der Waals surface area (Å²) in [5.41, 5.74) is 0. The SMILES string of the molecule is CCC(=N)OCC(F)(F)F. The van der Waals surface area contributed by atoms with E-state index >= 15 is 0 Å². The van der Waals surface area contributed by atoms with E-state index in [9.17, 15) is 13.2 Å². The average Bonchev–Trinajstić information content (AvgIpc) is 1.81. The highest BCUT2D eigenvalue weighted by atomic mass is 19.4. The minimum Gasteiger partial charge on any atom is -0.472 e. The van der Waals surface area contributed by atoms with Gasteiger partial charge in [-0.3, -0.25) is 5.41 Å². The van der Waals surface area contributed by atoms with Crippen LogP contribution in [0.25, 0.3) is 0 Å². The molecule has 5 heteroatoms. The van der Waals surface area contributed by atoms with E-state index in [0.29, 0.717) is 0 Å². The van der Waals surface area contributed by atoms with E-state index in [-0.39, 0.29) is 12.3 Å². The lowest BCUT2D eigenvalue weighted by Gasteiger charge is -2.07. The van der Waals surface area contributed by atoms with Gasteiger partial charge in [0.2, 0.25) is 0 Å². The Morgan fingerprint density at radius 1 is 1.50 bits per heavy atom. The maximum absolute atomic E-state index is 11.3. The van der Waals surface area contributed by atoms with Crippen molar-refractivity contribution in [1.29, 1.82) is 5.41 Å². The van der Waals surface area contributed by atoms with Gasteiger partial charge in [0.1, 0.15) is 0 Å². The standard InChI is InChI=1S/C5H8F3NO/c1-2-4(9)10-3-5(6,7)8/h9H,2-3H2,1H3. The fourth-order valence-corrected chi connectivity index (χ4v) is 0.271. The molecule has 0 aromatic rings. The summed E-state index contributed by atoms with van der Waals surface area (Å²) in [7, 11) is 0. The molecule has 0 aliphatic heterocycles. The summed E-state index contributed by atoms with van der Waals surface area (Å²) in [5, 5.41) is 6.70. The molecule has 0 unspecified atom stereocenters. The molecular weight excluding hydrogens is 147 g/mol. The zero-order chi connectivity index (χ0) is 8.20. The van der Waals surface area contributed by atoms with Crippen LogP contribution in [0.4, 0.5) is 13.2 Å². The Morgan fingerprint density at radius 3 is 2.30 bits per heavy atom. The number of nitrogens with one attached hydrogen (secondary N) is 1. The monoisotopic (exact) mass is 155 g/mol. The molecule has 0 saturated carbocycles. The van der Waals surface area contributed by atoms with Crippen molar-refractivity contribution >= 4 is 5.90 Å². The summed E-state index contributed by atoms with van der Waals surface area (Å²) in [4.78, 5) is 0. The van der Waals surface area contributed by atoms with E-state index in [2.05, 4.69) is 4.74 Å². The van der Waals surface area contributed by atoms with E-state index < -0.39 is 12.8 Å². The Hall–Kier alpha value is -0.740. The van der Waals surface area contributed by atoms with E-state index in [0.717, 1.165) is 0 Å². The molecule has 0 aromatic carbocycles. The normalized spacial score (nSPS) is 11.2. The summed E-state index contributed by atoms with van der Waals surface area (Å²) < 4.78 is 38.0. The van der Waals surface area contributed by atoms with Gasteiger partial charge in [-0.2, -0.15) is 13.2 Å². The van der Waals surface area contributed by atoms with Crippen LogP contribution in [-0.2, 0) is 4.74 Å². The van der Waals surface area contributed by atoms with Crippen molar-refractivity contribution in [2.24, 2.45) is 0 Å². The summed E-state index contributed by atoms with van der Waals surface area (Å²) in [6.07, 6.45) is -4.14. The number of rotatable bonds is 2. The summed E-state index contributed by atoms with van der Waals surface area (Å²) in [6, 6.07) is 0. The topological polar surface area (TPSA) is 33.1 Å². The van der Waals surface area contributed by atoms with Crippen molar-refractivity contribution in [3.8, 4) is 0 Å². The molecular formula is C5H8F3NO. The Balaban J connectivity index is 3.46. The molecule has 0 aromatic heterocycles. The molecule has 0 saturated heterocycles. The van der Waals surface area contributed by atoms with E-state index in [1.807, 2.05) is 0 Å². The molecule has 0 amide bonds. The summed E-state index contributed by atoms with van der Waals surface area (Å²) in [6.45, 7) is 0.193. The van der Waals surface area contributed by atoms with Crippen molar-refractivity contribution in [2.75, 3.05) is 6.61 Å². The van der Waals surface area contributed by atoms with Crippen molar-refractivity contribution in [2.45, 2.75) is 19.5 Å². The first-order valence-corrected chi connectivity index (χ1v) is 2.72. The maximum atomic E-state index is 11.3. The van der Waals surface area contributed by atoms with Gasteiger partial charge < -0.3 is 4.74 Å². The van der Waals surface area contributed by atoms with Gasteiger partial charge in [0, 0.05) is 6.42 Å². The third-order valence-corrected chi connectivity index (χ3v) is 0.731. The molecule has 0 atom stereocenters. The number of halogens is 3. The molecule has 10 heavy (non-hydrogen) atoms. The zero-order valence-corrected chi connectivity index (χ0v) is 5.46. The fourth-order valence-electron chi connectivity index (χ4n) is 0.271. The molecule has 60 valence electrons. The Bertz CT molecular complexity index is 121. The van der Waals surface area contributed by atoms with Crippen LogP contribution in [0.1, 0.15) is 13.3 Å². The lowest BCUT2D eigenvalue weighted by atomic mass is 10.5. The molecule has 0 rings (SSSR count). The van der Waals surface area contributed by atoms with E-state index in [4.69, 9.17) is 5.41 Å². The lowest BCUT2D eigenvalue weighted by Crippen LogP contribution is -2.19. The summed E-state index contributed by atoms with van der Waals surface area (Å²) >= 11 is 0. The third-order valence-electron chi connectivity index (χ3n) is 0.731. The second-order valence-electron chi connectivity index (χ2n) is 1.68. The minimum absolute atomic E-state index is 0.191. The Labute approximate surface area is 56.5 Å². The second-order valence-corrected chi connectivity index (χ2v) is 1.68. The van der Waals surface area contributed by atoms with Crippen molar-refractivity contribution < 1.29 is 17.9 Å². The molecule has 0 bridgehead atoms. The van der Waals surface area contributed by atoms with Crippen LogP contribution in [0.15, 0.2) is 0 Å². The molecule has 0 heterocycles. The fraction of sp³-hybridized carbons (Fsp3) is 0.800. The number of hydrogen-bond acceptors (Lipinski definition) is 2.